The highest BCUT2D eigenvalue weighted by molar-refractivity contribution is 7.92. The molecule has 24 heavy (non-hydrogen) atoms. The Hall–Kier alpha value is -2.55. The van der Waals surface area contributed by atoms with E-state index in [0.29, 0.717) is 16.9 Å². The van der Waals surface area contributed by atoms with Crippen LogP contribution < -0.4 is 14.9 Å². The molecule has 0 fully saturated rings. The SMILES string of the molecule is CN(c1ccc(C(=O)Nc2cnn3c2NCCC3)cc1)S(C)(=O)=O. The first-order valence-corrected chi connectivity index (χ1v) is 9.36. The molecular formula is C15H19N5O3S. The van der Waals surface area contributed by atoms with Gasteiger partial charge in [-0.05, 0) is 30.7 Å². The van der Waals surface area contributed by atoms with Crippen molar-refractivity contribution in [3.63, 3.8) is 0 Å². The van der Waals surface area contributed by atoms with Gasteiger partial charge >= 0.3 is 0 Å². The topological polar surface area (TPSA) is 96.3 Å². The van der Waals surface area contributed by atoms with Gasteiger partial charge in [-0.3, -0.25) is 9.10 Å². The third-order valence-corrected chi connectivity index (χ3v) is 5.12. The standard InChI is InChI=1S/C15H19N5O3S/c1-19(24(2,22)23)12-6-4-11(5-7-12)15(21)18-13-10-17-20-9-3-8-16-14(13)20/h4-7,10,16H,3,8-9H2,1-2H3,(H,18,21). The van der Waals surface area contributed by atoms with E-state index in [4.69, 9.17) is 0 Å². The number of aryl methyl sites for hydroxylation is 1. The van der Waals surface area contributed by atoms with Gasteiger partial charge in [-0.15, -0.1) is 0 Å². The Morgan fingerprint density at radius 1 is 1.33 bits per heavy atom. The number of carbonyl (C=O) groups is 1. The van der Waals surface area contributed by atoms with E-state index >= 15 is 0 Å². The Morgan fingerprint density at radius 2 is 2.04 bits per heavy atom. The summed E-state index contributed by atoms with van der Waals surface area (Å²) in [6.45, 7) is 1.67. The van der Waals surface area contributed by atoms with E-state index in [0.717, 1.165) is 35.9 Å². The van der Waals surface area contributed by atoms with Crippen molar-refractivity contribution in [1.29, 1.82) is 0 Å². The maximum Gasteiger partial charge on any atom is 0.255 e. The van der Waals surface area contributed by atoms with Gasteiger partial charge < -0.3 is 10.6 Å². The van der Waals surface area contributed by atoms with Crippen molar-refractivity contribution >= 4 is 33.1 Å². The highest BCUT2D eigenvalue weighted by Gasteiger charge is 2.17. The van der Waals surface area contributed by atoms with Crippen molar-refractivity contribution in [3.8, 4) is 0 Å². The number of carbonyl (C=O) groups excluding carboxylic acids is 1. The summed E-state index contributed by atoms with van der Waals surface area (Å²) in [4.78, 5) is 12.4. The zero-order chi connectivity index (χ0) is 17.3. The Kier molecular flexibility index (Phi) is 4.18. The van der Waals surface area contributed by atoms with Crippen LogP contribution in [0.15, 0.2) is 30.5 Å². The fraction of sp³-hybridized carbons (Fsp3) is 0.333. The fourth-order valence-electron chi connectivity index (χ4n) is 2.48. The van der Waals surface area contributed by atoms with Crippen LogP contribution in [0.1, 0.15) is 16.8 Å². The van der Waals surface area contributed by atoms with Gasteiger partial charge in [0, 0.05) is 25.7 Å². The Morgan fingerprint density at radius 3 is 2.71 bits per heavy atom. The second kappa shape index (κ2) is 6.16. The Balaban J connectivity index is 1.75. The molecule has 1 aromatic heterocycles. The van der Waals surface area contributed by atoms with Crippen LogP contribution in [0.4, 0.5) is 17.2 Å². The van der Waals surface area contributed by atoms with Gasteiger partial charge in [0.25, 0.3) is 5.91 Å². The minimum Gasteiger partial charge on any atom is -0.368 e. The number of nitrogens with zero attached hydrogens (tertiary/aromatic N) is 3. The predicted octanol–water partition coefficient (Wildman–Crippen LogP) is 1.35. The van der Waals surface area contributed by atoms with E-state index in [-0.39, 0.29) is 5.91 Å². The van der Waals surface area contributed by atoms with E-state index in [1.165, 1.54) is 7.05 Å². The lowest BCUT2D eigenvalue weighted by atomic mass is 10.2. The summed E-state index contributed by atoms with van der Waals surface area (Å²) in [5.41, 5.74) is 1.58. The molecule has 1 aromatic carbocycles. The molecule has 2 N–H and O–H groups in total. The van der Waals surface area contributed by atoms with Crippen LogP contribution in [0, 0.1) is 0 Å². The minimum absolute atomic E-state index is 0.272. The van der Waals surface area contributed by atoms with Crippen LogP contribution in [-0.4, -0.2) is 44.0 Å². The van der Waals surface area contributed by atoms with Gasteiger partial charge in [-0.2, -0.15) is 5.10 Å². The molecule has 2 heterocycles. The molecular weight excluding hydrogens is 330 g/mol. The minimum atomic E-state index is -3.33. The second-order valence-electron chi connectivity index (χ2n) is 5.64. The van der Waals surface area contributed by atoms with Gasteiger partial charge in [0.1, 0.15) is 11.5 Å². The number of hydrogen-bond donors (Lipinski definition) is 2. The van der Waals surface area contributed by atoms with E-state index < -0.39 is 10.0 Å². The number of benzene rings is 1. The van der Waals surface area contributed by atoms with Crippen LogP contribution in [0.5, 0.6) is 0 Å². The molecule has 9 heteroatoms. The molecule has 0 saturated heterocycles. The lowest BCUT2D eigenvalue weighted by molar-refractivity contribution is 0.102. The summed E-state index contributed by atoms with van der Waals surface area (Å²) in [6, 6.07) is 6.38. The third kappa shape index (κ3) is 3.21. The van der Waals surface area contributed by atoms with Crippen LogP contribution in [0.2, 0.25) is 0 Å². The Labute approximate surface area is 140 Å². The second-order valence-corrected chi connectivity index (χ2v) is 7.66. The van der Waals surface area contributed by atoms with E-state index in [9.17, 15) is 13.2 Å². The average molecular weight is 349 g/mol. The van der Waals surface area contributed by atoms with Crippen molar-refractivity contribution in [2.24, 2.45) is 0 Å². The number of rotatable bonds is 4. The molecule has 0 spiro atoms. The van der Waals surface area contributed by atoms with Gasteiger partial charge in [0.05, 0.1) is 18.1 Å². The molecule has 0 radical (unpaired) electrons. The summed E-state index contributed by atoms with van der Waals surface area (Å²) < 4.78 is 26.0. The van der Waals surface area contributed by atoms with E-state index in [1.54, 1.807) is 30.5 Å². The van der Waals surface area contributed by atoms with Crippen LogP contribution in [0.3, 0.4) is 0 Å². The number of sulfonamides is 1. The predicted molar refractivity (Wildman–Crippen MR) is 93.0 cm³/mol. The first kappa shape index (κ1) is 16.3. The zero-order valence-corrected chi connectivity index (χ0v) is 14.3. The van der Waals surface area contributed by atoms with Gasteiger partial charge in [-0.1, -0.05) is 0 Å². The molecule has 128 valence electrons. The van der Waals surface area contributed by atoms with Crippen LogP contribution >= 0.6 is 0 Å². The quantitative estimate of drug-likeness (QED) is 0.868. The molecule has 0 atom stereocenters. The number of nitrogens with one attached hydrogen (secondary N) is 2. The molecule has 2 aromatic rings. The number of aromatic nitrogens is 2. The summed E-state index contributed by atoms with van der Waals surface area (Å²) >= 11 is 0. The molecule has 1 amide bonds. The zero-order valence-electron chi connectivity index (χ0n) is 13.5. The average Bonchev–Trinajstić information content (AvgIpc) is 2.96. The van der Waals surface area contributed by atoms with Crippen molar-refractivity contribution in [2.75, 3.05) is 34.8 Å². The highest BCUT2D eigenvalue weighted by Crippen LogP contribution is 2.25. The summed E-state index contributed by atoms with van der Waals surface area (Å²) in [7, 11) is -1.86. The van der Waals surface area contributed by atoms with E-state index in [2.05, 4.69) is 15.7 Å². The molecule has 0 saturated carbocycles. The summed E-state index contributed by atoms with van der Waals surface area (Å²) in [5, 5.41) is 10.3. The molecule has 0 unspecified atom stereocenters. The number of amides is 1. The van der Waals surface area contributed by atoms with Crippen molar-refractivity contribution in [3.05, 3.63) is 36.0 Å². The van der Waals surface area contributed by atoms with Crippen molar-refractivity contribution in [2.45, 2.75) is 13.0 Å². The normalized spacial score (nSPS) is 13.8. The van der Waals surface area contributed by atoms with Crippen LogP contribution in [-0.2, 0) is 16.6 Å². The molecule has 0 bridgehead atoms. The third-order valence-electron chi connectivity index (χ3n) is 3.92. The maximum atomic E-state index is 12.4. The Bertz CT molecular complexity index is 858. The fourth-order valence-corrected chi connectivity index (χ4v) is 2.98. The summed E-state index contributed by atoms with van der Waals surface area (Å²) in [6.07, 6.45) is 3.75. The maximum absolute atomic E-state index is 12.4. The number of fused-ring (bicyclic) bond motifs is 1. The van der Waals surface area contributed by atoms with Gasteiger partial charge in [0.2, 0.25) is 10.0 Å². The number of hydrogen-bond acceptors (Lipinski definition) is 5. The monoisotopic (exact) mass is 349 g/mol. The lowest BCUT2D eigenvalue weighted by Gasteiger charge is -2.17. The first-order valence-electron chi connectivity index (χ1n) is 7.51. The largest absolute Gasteiger partial charge is 0.368 e. The first-order chi connectivity index (χ1) is 11.4. The number of anilines is 3. The molecule has 1 aliphatic rings. The lowest BCUT2D eigenvalue weighted by Crippen LogP contribution is -2.24. The summed E-state index contributed by atoms with van der Waals surface area (Å²) in [5.74, 6) is 0.537. The highest BCUT2D eigenvalue weighted by atomic mass is 32.2. The van der Waals surface area contributed by atoms with Crippen LogP contribution in [0.25, 0.3) is 0 Å². The van der Waals surface area contributed by atoms with Gasteiger partial charge in [-0.25, -0.2) is 13.1 Å². The molecule has 0 aliphatic carbocycles. The molecule has 1 aliphatic heterocycles. The van der Waals surface area contributed by atoms with Crippen molar-refractivity contribution < 1.29 is 13.2 Å². The van der Waals surface area contributed by atoms with E-state index in [1.807, 2.05) is 4.68 Å². The molecule has 3 rings (SSSR count). The van der Waals surface area contributed by atoms with Gasteiger partial charge in [0.15, 0.2) is 0 Å². The smallest absolute Gasteiger partial charge is 0.255 e. The molecule has 8 nitrogen and oxygen atoms in total. The van der Waals surface area contributed by atoms with Crippen molar-refractivity contribution in [1.82, 2.24) is 9.78 Å².